The highest BCUT2D eigenvalue weighted by molar-refractivity contribution is 7.80. The average Bonchev–Trinajstić information content (AvgIpc) is 3.35. The van der Waals surface area contributed by atoms with Gasteiger partial charge in [0.05, 0.1) is 17.8 Å². The fourth-order valence-corrected chi connectivity index (χ4v) is 4.31. The molecule has 0 bridgehead atoms. The van der Waals surface area contributed by atoms with Gasteiger partial charge >= 0.3 is 0 Å². The molecule has 0 fully saturated rings. The third-order valence-electron chi connectivity index (χ3n) is 5.53. The quantitative estimate of drug-likeness (QED) is 0.238. The molecular formula is C28H22ClN5OS. The van der Waals surface area contributed by atoms with Crippen LogP contribution in [0.2, 0.25) is 5.02 Å². The normalized spacial score (nSPS) is 10.6. The second-order valence-corrected chi connectivity index (χ2v) is 8.73. The van der Waals surface area contributed by atoms with Gasteiger partial charge in [-0.15, -0.1) is 0 Å². The van der Waals surface area contributed by atoms with Gasteiger partial charge in [-0.3, -0.25) is 4.98 Å². The summed E-state index contributed by atoms with van der Waals surface area (Å²) in [6.45, 7) is 0. The molecule has 0 amide bonds. The minimum atomic E-state index is 0.504. The number of nitrogens with one attached hydrogen (secondary N) is 2. The van der Waals surface area contributed by atoms with E-state index in [0.29, 0.717) is 15.9 Å². The van der Waals surface area contributed by atoms with E-state index in [1.807, 2.05) is 95.8 Å². The molecule has 2 aromatic heterocycles. The van der Waals surface area contributed by atoms with Crippen molar-refractivity contribution in [3.63, 3.8) is 0 Å². The second-order valence-electron chi connectivity index (χ2n) is 7.92. The van der Waals surface area contributed by atoms with Gasteiger partial charge in [0, 0.05) is 41.1 Å². The fraction of sp³-hybridized carbons (Fsp3) is 0.0357. The van der Waals surface area contributed by atoms with Crippen molar-refractivity contribution in [1.29, 1.82) is 0 Å². The van der Waals surface area contributed by atoms with Crippen molar-refractivity contribution in [2.75, 3.05) is 17.7 Å². The number of hydrogen-bond donors (Lipinski definition) is 2. The topological polar surface area (TPSA) is 64.0 Å². The summed E-state index contributed by atoms with van der Waals surface area (Å²) in [7, 11) is 1.60. The van der Waals surface area contributed by atoms with Crippen LogP contribution in [0, 0.1) is 0 Å². The highest BCUT2D eigenvalue weighted by Gasteiger charge is 2.16. The minimum Gasteiger partial charge on any atom is -0.495 e. The van der Waals surface area contributed by atoms with Crippen molar-refractivity contribution >= 4 is 40.3 Å². The van der Waals surface area contributed by atoms with Gasteiger partial charge in [-0.1, -0.05) is 35.9 Å². The number of ether oxygens (including phenoxy) is 1. The van der Waals surface area contributed by atoms with E-state index in [-0.39, 0.29) is 0 Å². The first kappa shape index (κ1) is 23.5. The molecule has 178 valence electrons. The zero-order valence-corrected chi connectivity index (χ0v) is 20.9. The number of anilines is 2. The lowest BCUT2D eigenvalue weighted by atomic mass is 10.0. The average molecular weight is 512 g/mol. The van der Waals surface area contributed by atoms with E-state index in [1.54, 1.807) is 19.5 Å². The number of hydrogen-bond acceptors (Lipinski definition) is 4. The first-order valence-electron chi connectivity index (χ1n) is 11.2. The predicted octanol–water partition coefficient (Wildman–Crippen LogP) is 7.07. The van der Waals surface area contributed by atoms with Crippen LogP contribution >= 0.6 is 23.8 Å². The highest BCUT2D eigenvalue weighted by Crippen LogP contribution is 2.35. The summed E-state index contributed by atoms with van der Waals surface area (Å²) >= 11 is 11.9. The Balaban J connectivity index is 1.48. The Kier molecular flexibility index (Phi) is 6.93. The van der Waals surface area contributed by atoms with Crippen LogP contribution in [-0.2, 0) is 0 Å². The van der Waals surface area contributed by atoms with Gasteiger partial charge in [-0.25, -0.2) is 4.68 Å². The lowest BCUT2D eigenvalue weighted by Crippen LogP contribution is -2.19. The Morgan fingerprint density at radius 3 is 2.36 bits per heavy atom. The Morgan fingerprint density at radius 2 is 1.61 bits per heavy atom. The van der Waals surface area contributed by atoms with Crippen LogP contribution in [0.4, 0.5) is 11.4 Å². The van der Waals surface area contributed by atoms with Gasteiger partial charge < -0.3 is 15.4 Å². The molecule has 0 saturated carbocycles. The van der Waals surface area contributed by atoms with Crippen LogP contribution in [0.5, 0.6) is 5.75 Å². The molecule has 3 aromatic carbocycles. The summed E-state index contributed by atoms with van der Waals surface area (Å²) < 4.78 is 7.17. The lowest BCUT2D eigenvalue weighted by Gasteiger charge is -2.11. The molecule has 36 heavy (non-hydrogen) atoms. The summed E-state index contributed by atoms with van der Waals surface area (Å²) in [5, 5.41) is 12.4. The molecule has 0 aliphatic carbocycles. The highest BCUT2D eigenvalue weighted by atomic mass is 35.5. The largest absolute Gasteiger partial charge is 0.495 e. The summed E-state index contributed by atoms with van der Waals surface area (Å²) in [5.41, 5.74) is 6.28. The van der Waals surface area contributed by atoms with Gasteiger partial charge in [-0.05, 0) is 78.4 Å². The first-order valence-corrected chi connectivity index (χ1v) is 12.0. The number of rotatable bonds is 6. The molecule has 0 aliphatic rings. The van der Waals surface area contributed by atoms with E-state index < -0.39 is 0 Å². The summed E-state index contributed by atoms with van der Waals surface area (Å²) in [4.78, 5) is 4.15. The van der Waals surface area contributed by atoms with E-state index in [2.05, 4.69) is 15.6 Å². The molecule has 0 saturated heterocycles. The molecule has 6 nitrogen and oxygen atoms in total. The molecule has 5 rings (SSSR count). The van der Waals surface area contributed by atoms with Crippen LogP contribution in [0.15, 0.2) is 104 Å². The molecular weight excluding hydrogens is 490 g/mol. The third-order valence-corrected chi connectivity index (χ3v) is 6.03. The lowest BCUT2D eigenvalue weighted by molar-refractivity contribution is 0.415. The standard InChI is InChI=1S/C28H22ClN5OS/c1-35-26-11-10-20(16-25(26)29)27-24(19-12-14-30-15-13-19)18-34(33-27)23-9-5-8-22(17-23)32-28(36)31-21-6-3-2-4-7-21/h2-18H,1H3,(H2,31,32,36). The number of benzene rings is 3. The number of methoxy groups -OCH3 is 1. The molecule has 2 N–H and O–H groups in total. The zero-order chi connectivity index (χ0) is 24.9. The van der Waals surface area contributed by atoms with Crippen molar-refractivity contribution < 1.29 is 4.74 Å². The second kappa shape index (κ2) is 10.6. The number of pyridine rings is 1. The minimum absolute atomic E-state index is 0.504. The maximum Gasteiger partial charge on any atom is 0.175 e. The summed E-state index contributed by atoms with van der Waals surface area (Å²) in [6.07, 6.45) is 5.54. The Morgan fingerprint density at radius 1 is 0.861 bits per heavy atom. The SMILES string of the molecule is COc1ccc(-c2nn(-c3cccc(NC(=S)Nc4ccccc4)c3)cc2-c2ccncc2)cc1Cl. The molecule has 5 aromatic rings. The first-order chi connectivity index (χ1) is 17.6. The Hall–Kier alpha value is -4.20. The molecule has 0 unspecified atom stereocenters. The van der Waals surface area contributed by atoms with E-state index in [9.17, 15) is 0 Å². The maximum absolute atomic E-state index is 6.43. The van der Waals surface area contributed by atoms with Gasteiger partial charge in [0.25, 0.3) is 0 Å². The van der Waals surface area contributed by atoms with Crippen LogP contribution in [0.3, 0.4) is 0 Å². The Bertz CT molecular complexity index is 1510. The molecule has 2 heterocycles. The number of para-hydroxylation sites is 1. The van der Waals surface area contributed by atoms with Crippen LogP contribution in [0.1, 0.15) is 0 Å². The predicted molar refractivity (Wildman–Crippen MR) is 150 cm³/mol. The van der Waals surface area contributed by atoms with Crippen molar-refractivity contribution in [3.05, 3.63) is 109 Å². The fourth-order valence-electron chi connectivity index (χ4n) is 3.82. The number of nitrogens with zero attached hydrogens (tertiary/aromatic N) is 3. The number of thiocarbonyl (C=S) groups is 1. The smallest absolute Gasteiger partial charge is 0.175 e. The molecule has 8 heteroatoms. The number of halogens is 1. The molecule has 0 aliphatic heterocycles. The van der Waals surface area contributed by atoms with Gasteiger partial charge in [0.15, 0.2) is 5.11 Å². The van der Waals surface area contributed by atoms with Gasteiger partial charge in [-0.2, -0.15) is 5.10 Å². The van der Waals surface area contributed by atoms with Crippen molar-refractivity contribution in [3.8, 4) is 33.8 Å². The van der Waals surface area contributed by atoms with Crippen LogP contribution in [0.25, 0.3) is 28.1 Å². The van der Waals surface area contributed by atoms with Crippen LogP contribution in [-0.4, -0.2) is 27.0 Å². The van der Waals surface area contributed by atoms with E-state index in [0.717, 1.165) is 39.4 Å². The van der Waals surface area contributed by atoms with E-state index in [4.69, 9.17) is 33.7 Å². The van der Waals surface area contributed by atoms with Gasteiger partial charge in [0.2, 0.25) is 0 Å². The van der Waals surface area contributed by atoms with Crippen LogP contribution < -0.4 is 15.4 Å². The van der Waals surface area contributed by atoms with Crippen molar-refractivity contribution in [1.82, 2.24) is 14.8 Å². The van der Waals surface area contributed by atoms with Crippen molar-refractivity contribution in [2.24, 2.45) is 0 Å². The molecule has 0 atom stereocenters. The zero-order valence-electron chi connectivity index (χ0n) is 19.4. The van der Waals surface area contributed by atoms with Crippen molar-refractivity contribution in [2.45, 2.75) is 0 Å². The number of aromatic nitrogens is 3. The monoisotopic (exact) mass is 511 g/mol. The summed E-state index contributed by atoms with van der Waals surface area (Å²) in [5.74, 6) is 0.615. The summed E-state index contributed by atoms with van der Waals surface area (Å²) in [6, 6.07) is 27.3. The molecule has 0 radical (unpaired) electrons. The Labute approximate surface area is 219 Å². The third kappa shape index (κ3) is 5.22. The van der Waals surface area contributed by atoms with Gasteiger partial charge in [0.1, 0.15) is 11.4 Å². The van der Waals surface area contributed by atoms with E-state index in [1.165, 1.54) is 0 Å². The van der Waals surface area contributed by atoms with E-state index >= 15 is 0 Å². The maximum atomic E-state index is 6.43. The molecule has 0 spiro atoms.